The van der Waals surface area contributed by atoms with Crippen LogP contribution in [0.15, 0.2) is 18.2 Å². The minimum atomic E-state index is -0.296. The number of hydrogen-bond donors (Lipinski definition) is 1. The molecule has 0 aliphatic rings. The van der Waals surface area contributed by atoms with Crippen LogP contribution in [0.1, 0.15) is 56.3 Å². The second-order valence-electron chi connectivity index (χ2n) is 5.73. The number of rotatable bonds is 8. The van der Waals surface area contributed by atoms with Crippen LogP contribution in [0.5, 0.6) is 0 Å². The van der Waals surface area contributed by atoms with E-state index in [2.05, 4.69) is 6.92 Å². The zero-order chi connectivity index (χ0) is 15.8. The van der Waals surface area contributed by atoms with Crippen molar-refractivity contribution in [2.75, 3.05) is 24.7 Å². The molecule has 1 unspecified atom stereocenters. The Kier molecular flexibility index (Phi) is 7.06. The first-order valence-electron chi connectivity index (χ1n) is 7.73. The van der Waals surface area contributed by atoms with Crippen molar-refractivity contribution in [2.45, 2.75) is 52.1 Å². The first-order valence-corrected chi connectivity index (χ1v) is 7.73. The Bertz CT molecular complexity index is 458. The second kappa shape index (κ2) is 8.55. The number of nitrogens with two attached hydrogens (primary N) is 1. The normalized spacial score (nSPS) is 12.0. The van der Waals surface area contributed by atoms with Crippen molar-refractivity contribution < 1.29 is 9.53 Å². The third-order valence-corrected chi connectivity index (χ3v) is 3.52. The van der Waals surface area contributed by atoms with Crippen LogP contribution < -0.4 is 10.6 Å². The number of nitrogens with zero attached hydrogens (tertiary/aromatic N) is 1. The van der Waals surface area contributed by atoms with E-state index in [4.69, 9.17) is 10.5 Å². The van der Waals surface area contributed by atoms with Crippen LogP contribution in [0, 0.1) is 0 Å². The van der Waals surface area contributed by atoms with E-state index in [1.807, 2.05) is 32.0 Å². The van der Waals surface area contributed by atoms with Gasteiger partial charge in [-0.05, 0) is 38.0 Å². The Hall–Kier alpha value is -1.71. The molecule has 0 radical (unpaired) electrons. The van der Waals surface area contributed by atoms with Gasteiger partial charge in [-0.15, -0.1) is 0 Å². The zero-order valence-corrected chi connectivity index (χ0v) is 13.7. The summed E-state index contributed by atoms with van der Waals surface area (Å²) in [7, 11) is 3.84. The third-order valence-electron chi connectivity index (χ3n) is 3.52. The number of benzene rings is 1. The third kappa shape index (κ3) is 5.66. The fourth-order valence-corrected chi connectivity index (χ4v) is 2.26. The summed E-state index contributed by atoms with van der Waals surface area (Å²) in [4.78, 5) is 14.0. The Morgan fingerprint density at radius 1 is 1.29 bits per heavy atom. The van der Waals surface area contributed by atoms with Gasteiger partial charge in [-0.2, -0.15) is 0 Å². The first kappa shape index (κ1) is 17.3. The lowest BCUT2D eigenvalue weighted by molar-refractivity contribution is 0.0319. The van der Waals surface area contributed by atoms with Gasteiger partial charge in [0.2, 0.25) is 0 Å². The van der Waals surface area contributed by atoms with Gasteiger partial charge in [0.05, 0.1) is 23.0 Å². The molecule has 0 saturated carbocycles. The smallest absolute Gasteiger partial charge is 0.338 e. The van der Waals surface area contributed by atoms with Crippen LogP contribution in [0.2, 0.25) is 0 Å². The van der Waals surface area contributed by atoms with Crippen LogP contribution in [0.25, 0.3) is 0 Å². The van der Waals surface area contributed by atoms with Crippen LogP contribution >= 0.6 is 0 Å². The van der Waals surface area contributed by atoms with Crippen molar-refractivity contribution in [1.29, 1.82) is 0 Å². The average Bonchev–Trinajstić information content (AvgIpc) is 2.43. The molecule has 2 N–H and O–H groups in total. The van der Waals surface area contributed by atoms with E-state index in [-0.39, 0.29) is 12.1 Å². The van der Waals surface area contributed by atoms with Crippen LogP contribution in [-0.2, 0) is 4.74 Å². The van der Waals surface area contributed by atoms with Crippen molar-refractivity contribution in [3.8, 4) is 0 Å². The number of unbranched alkanes of at least 4 members (excludes halogenated alkanes) is 3. The summed E-state index contributed by atoms with van der Waals surface area (Å²) in [6.45, 7) is 4.13. The Morgan fingerprint density at radius 3 is 2.57 bits per heavy atom. The van der Waals surface area contributed by atoms with E-state index < -0.39 is 0 Å². The van der Waals surface area contributed by atoms with E-state index >= 15 is 0 Å². The van der Waals surface area contributed by atoms with Gasteiger partial charge >= 0.3 is 5.97 Å². The number of carbonyl (C=O) groups is 1. The van der Waals surface area contributed by atoms with Gasteiger partial charge in [-0.25, -0.2) is 4.79 Å². The number of nitrogen functional groups attached to an aromatic ring is 1. The molecule has 1 atom stereocenters. The minimum Gasteiger partial charge on any atom is -0.459 e. The van der Waals surface area contributed by atoms with Gasteiger partial charge in [0, 0.05) is 14.1 Å². The van der Waals surface area contributed by atoms with Gasteiger partial charge < -0.3 is 15.4 Å². The highest BCUT2D eigenvalue weighted by Gasteiger charge is 2.13. The summed E-state index contributed by atoms with van der Waals surface area (Å²) in [6, 6.07) is 5.29. The predicted octanol–water partition coefficient (Wildman–Crippen LogP) is 3.85. The Balaban J connectivity index is 2.53. The zero-order valence-electron chi connectivity index (χ0n) is 13.7. The highest BCUT2D eigenvalue weighted by atomic mass is 16.5. The molecule has 0 aliphatic carbocycles. The SMILES string of the molecule is CCCCCCC(C)OC(=O)c1ccc(N(C)C)c(N)c1. The van der Waals surface area contributed by atoms with Crippen molar-refractivity contribution in [1.82, 2.24) is 0 Å². The molecule has 0 bridgehead atoms. The number of hydrogen-bond acceptors (Lipinski definition) is 4. The lowest BCUT2D eigenvalue weighted by atomic mass is 10.1. The molecule has 0 aromatic heterocycles. The molecule has 1 rings (SSSR count). The van der Waals surface area contributed by atoms with Gasteiger partial charge in [0.1, 0.15) is 0 Å². The standard InChI is InChI=1S/C17H28N2O2/c1-5-6-7-8-9-13(2)21-17(20)14-10-11-16(19(3)4)15(18)12-14/h10-13H,5-9,18H2,1-4H3. The number of carbonyl (C=O) groups excluding carboxylic acids is 1. The quantitative estimate of drug-likeness (QED) is 0.449. The molecule has 4 heteroatoms. The average molecular weight is 292 g/mol. The summed E-state index contributed by atoms with van der Waals surface area (Å²) >= 11 is 0. The van der Waals surface area contributed by atoms with E-state index in [1.54, 1.807) is 12.1 Å². The predicted molar refractivity (Wildman–Crippen MR) is 88.8 cm³/mol. The molecule has 21 heavy (non-hydrogen) atoms. The van der Waals surface area contributed by atoms with Crippen molar-refractivity contribution in [2.24, 2.45) is 0 Å². The lowest BCUT2D eigenvalue weighted by Gasteiger charge is -2.17. The fraction of sp³-hybridized carbons (Fsp3) is 0.588. The summed E-state index contributed by atoms with van der Waals surface area (Å²) in [5.41, 5.74) is 7.96. The summed E-state index contributed by atoms with van der Waals surface area (Å²) in [5, 5.41) is 0. The van der Waals surface area contributed by atoms with Crippen LogP contribution in [0.4, 0.5) is 11.4 Å². The largest absolute Gasteiger partial charge is 0.459 e. The molecule has 0 amide bonds. The maximum atomic E-state index is 12.1. The molecule has 1 aromatic rings. The fourth-order valence-electron chi connectivity index (χ4n) is 2.26. The molecule has 1 aromatic carbocycles. The van der Waals surface area contributed by atoms with E-state index in [0.29, 0.717) is 11.3 Å². The molecule has 0 heterocycles. The van der Waals surface area contributed by atoms with Crippen molar-refractivity contribution in [3.63, 3.8) is 0 Å². The molecular weight excluding hydrogens is 264 g/mol. The van der Waals surface area contributed by atoms with E-state index in [1.165, 1.54) is 19.3 Å². The van der Waals surface area contributed by atoms with Crippen LogP contribution in [0.3, 0.4) is 0 Å². The topological polar surface area (TPSA) is 55.6 Å². The first-order chi connectivity index (χ1) is 9.95. The van der Waals surface area contributed by atoms with Crippen LogP contribution in [-0.4, -0.2) is 26.2 Å². The second-order valence-corrected chi connectivity index (χ2v) is 5.73. The number of esters is 1. The summed E-state index contributed by atoms with van der Waals surface area (Å²) in [5.74, 6) is -0.296. The summed E-state index contributed by atoms with van der Waals surface area (Å²) < 4.78 is 5.46. The van der Waals surface area contributed by atoms with Gasteiger partial charge in [0.15, 0.2) is 0 Å². The molecular formula is C17H28N2O2. The Labute approximate surface area is 128 Å². The highest BCUT2D eigenvalue weighted by Crippen LogP contribution is 2.23. The van der Waals surface area contributed by atoms with Gasteiger partial charge in [0.25, 0.3) is 0 Å². The lowest BCUT2D eigenvalue weighted by Crippen LogP contribution is -2.16. The highest BCUT2D eigenvalue weighted by molar-refractivity contribution is 5.92. The van der Waals surface area contributed by atoms with Gasteiger partial charge in [-0.3, -0.25) is 0 Å². The van der Waals surface area contributed by atoms with Crippen molar-refractivity contribution in [3.05, 3.63) is 23.8 Å². The molecule has 0 aliphatic heterocycles. The number of ether oxygens (including phenoxy) is 1. The monoisotopic (exact) mass is 292 g/mol. The maximum absolute atomic E-state index is 12.1. The van der Waals surface area contributed by atoms with E-state index in [9.17, 15) is 4.79 Å². The minimum absolute atomic E-state index is 0.0518. The number of anilines is 2. The maximum Gasteiger partial charge on any atom is 0.338 e. The Morgan fingerprint density at radius 2 is 2.00 bits per heavy atom. The molecule has 0 saturated heterocycles. The molecule has 118 valence electrons. The molecule has 0 fully saturated rings. The van der Waals surface area contributed by atoms with E-state index in [0.717, 1.165) is 18.5 Å². The van der Waals surface area contributed by atoms with Gasteiger partial charge in [-0.1, -0.05) is 26.2 Å². The molecule has 0 spiro atoms. The molecule has 4 nitrogen and oxygen atoms in total. The summed E-state index contributed by atoms with van der Waals surface area (Å²) in [6.07, 6.45) is 5.61. The van der Waals surface area contributed by atoms with Crippen molar-refractivity contribution >= 4 is 17.3 Å².